The molecule has 3 N–H and O–H groups in total. The van der Waals surface area contributed by atoms with Crippen molar-refractivity contribution in [2.45, 2.75) is 47.3 Å². The summed E-state index contributed by atoms with van der Waals surface area (Å²) in [5.74, 6) is -8.91. The summed E-state index contributed by atoms with van der Waals surface area (Å²) in [7, 11) is -18.4. The average Bonchev–Trinajstić information content (AvgIpc) is 3.36. The third-order valence-electron chi connectivity index (χ3n) is 9.10. The number of hydrogen-bond donors (Lipinski definition) is 3. The molecule has 438 valence electrons. The minimum absolute atomic E-state index is 0.0492. The van der Waals surface area contributed by atoms with E-state index >= 15 is 0 Å². The number of fused-ring (bicyclic) bond motifs is 1. The lowest BCUT2D eigenvalue weighted by molar-refractivity contribution is -0.263. The van der Waals surface area contributed by atoms with Crippen molar-refractivity contribution < 1.29 is 140 Å². The molecule has 0 spiro atoms. The Labute approximate surface area is 446 Å². The van der Waals surface area contributed by atoms with Gasteiger partial charge in [-0.25, -0.2) is 19.2 Å². The molecule has 0 bridgehead atoms. The molecule has 4 aromatic carbocycles. The fourth-order valence-corrected chi connectivity index (χ4v) is 6.20. The fraction of sp³-hybridized carbons (Fsp3) is 0.261. The zero-order chi connectivity index (χ0) is 61.1. The molecule has 0 aliphatic carbocycles. The van der Waals surface area contributed by atoms with Crippen LogP contribution in [0.15, 0.2) is 105 Å². The Kier molecular flexibility index (Phi) is 24.7. The van der Waals surface area contributed by atoms with Gasteiger partial charge < -0.3 is 33.2 Å². The maximum Gasteiger partial charge on any atom is 0.465 e. The highest BCUT2D eigenvalue weighted by molar-refractivity contribution is 7.88. The third kappa shape index (κ3) is 21.1. The van der Waals surface area contributed by atoms with Crippen molar-refractivity contribution in [3.63, 3.8) is 0 Å². The second-order valence-electron chi connectivity index (χ2n) is 15.0. The van der Waals surface area contributed by atoms with Crippen LogP contribution < -0.4 is 14.2 Å². The molecule has 0 saturated carbocycles. The number of hydrogen-bond acceptors (Lipinski definition) is 19. The van der Waals surface area contributed by atoms with E-state index in [1.54, 1.807) is 36.4 Å². The normalized spacial score (nSPS) is 12.3. The molecule has 0 aliphatic rings. The van der Waals surface area contributed by atoms with Crippen LogP contribution in [0.5, 0.6) is 17.2 Å². The first-order valence-corrected chi connectivity index (χ1v) is 25.6. The molecule has 4 rings (SSSR count). The first kappa shape index (κ1) is 68.3. The molecule has 0 fully saturated rings. The van der Waals surface area contributed by atoms with E-state index in [0.29, 0.717) is 11.3 Å². The Bertz CT molecular complexity index is 3240. The first-order chi connectivity index (χ1) is 36.8. The molecule has 22 nitrogen and oxygen atoms in total. The molecule has 0 amide bonds. The Morgan fingerprint density at radius 3 is 1.31 bits per heavy atom. The summed E-state index contributed by atoms with van der Waals surface area (Å²) in [6.07, 6.45) is -5.66. The number of carbonyl (C=O) groups excluding carboxylic acids is 6. The van der Waals surface area contributed by atoms with Crippen LogP contribution >= 0.6 is 0 Å². The highest BCUT2D eigenvalue weighted by Crippen LogP contribution is 2.38. The third-order valence-corrected chi connectivity index (χ3v) is 11.6. The lowest BCUT2D eigenvalue weighted by Crippen LogP contribution is -2.52. The fourth-order valence-electron chi connectivity index (χ4n) is 5.19. The van der Waals surface area contributed by atoms with Crippen molar-refractivity contribution in [2.75, 3.05) is 26.4 Å². The predicted octanol–water partition coefficient (Wildman–Crippen LogP) is 7.05. The molecule has 0 radical (unpaired) electrons. The lowest BCUT2D eigenvalue weighted by atomic mass is 10.1. The van der Waals surface area contributed by atoms with E-state index in [1.165, 1.54) is 48.6 Å². The second-order valence-corrected chi connectivity index (χ2v) is 19.4. The molecule has 0 heterocycles. The van der Waals surface area contributed by atoms with Crippen LogP contribution in [0.4, 0.5) is 39.5 Å². The van der Waals surface area contributed by atoms with Crippen molar-refractivity contribution in [3.8, 4) is 17.2 Å². The van der Waals surface area contributed by atoms with Gasteiger partial charge in [0.1, 0.15) is 37.1 Å². The molecule has 0 aromatic heterocycles. The molecular weight excluding hydrogens is 1170 g/mol. The Morgan fingerprint density at radius 2 is 0.863 bits per heavy atom. The minimum atomic E-state index is -6.44. The van der Waals surface area contributed by atoms with Gasteiger partial charge in [0.25, 0.3) is 0 Å². The molecule has 1 atom stereocenters. The predicted molar refractivity (Wildman–Crippen MR) is 256 cm³/mol. The van der Waals surface area contributed by atoms with Crippen molar-refractivity contribution in [2.24, 2.45) is 0 Å². The van der Waals surface area contributed by atoms with Gasteiger partial charge >= 0.3 is 88.1 Å². The van der Waals surface area contributed by atoms with E-state index in [1.807, 2.05) is 18.2 Å². The maximum atomic E-state index is 13.2. The number of benzene rings is 4. The lowest BCUT2D eigenvalue weighted by Gasteiger charge is -2.25. The van der Waals surface area contributed by atoms with Crippen LogP contribution in [-0.4, -0.2) is 129 Å². The van der Waals surface area contributed by atoms with Crippen LogP contribution in [0.25, 0.3) is 29.0 Å². The molecule has 34 heteroatoms. The van der Waals surface area contributed by atoms with Gasteiger partial charge in [0, 0.05) is 12.8 Å². The number of halogens is 9. The zero-order valence-corrected chi connectivity index (χ0v) is 42.6. The van der Waals surface area contributed by atoms with E-state index in [0.717, 1.165) is 21.9 Å². The van der Waals surface area contributed by atoms with Crippen molar-refractivity contribution in [3.05, 3.63) is 121 Å². The highest BCUT2D eigenvalue weighted by Gasteiger charge is 2.64. The summed E-state index contributed by atoms with van der Waals surface area (Å²) >= 11 is 0. The standard InChI is InChI=1S/C21H20F2O9S.C13H11F5O6S.C12H10F2O7S/c1-2-14-6-7-16-13-17(9-8-15(16)12-14)32-19(25)5-3-4-18(24)30-10-11-31-20(26)21(22,23)33(27,28)29;1-2-8-3-5-9(6-4-8)24-10(19)7-23-11(12(14,15)16)13(17,18)25(20,21)22;1-2-8-3-5-9(6-4-8)21-10(15)7-20-11(16)12(13,14)22(17,18)19/h2,6-9,12-13H,1,3-5,10-11H2,(H,27,28,29);2-6,11H,1,7H2,(H,20,21,22);2-6H,1,7H2,(H,17,18,19). The van der Waals surface area contributed by atoms with Gasteiger partial charge in [-0.1, -0.05) is 80.4 Å². The smallest absolute Gasteiger partial charge is 0.462 e. The molecule has 0 aliphatic heterocycles. The van der Waals surface area contributed by atoms with Gasteiger partial charge in [0.05, 0.1) is 0 Å². The number of rotatable bonds is 24. The Balaban J connectivity index is 0.000000420. The van der Waals surface area contributed by atoms with E-state index in [4.69, 9.17) is 18.4 Å². The van der Waals surface area contributed by atoms with Crippen LogP contribution in [0.1, 0.15) is 36.0 Å². The summed E-state index contributed by atoms with van der Waals surface area (Å²) in [5, 5.41) is -14.2. The van der Waals surface area contributed by atoms with E-state index in [-0.39, 0.29) is 30.8 Å². The molecule has 80 heavy (non-hydrogen) atoms. The van der Waals surface area contributed by atoms with Gasteiger partial charge in [0.2, 0.25) is 6.10 Å². The van der Waals surface area contributed by atoms with Crippen LogP contribution in [-0.2, 0) is 78.1 Å². The summed E-state index contributed by atoms with van der Waals surface area (Å²) in [4.78, 5) is 68.0. The molecular formula is C46H41F9O22S3. The summed E-state index contributed by atoms with van der Waals surface area (Å²) in [6, 6.07) is 22.0. The summed E-state index contributed by atoms with van der Waals surface area (Å²) in [6.45, 7) is 6.30. The van der Waals surface area contributed by atoms with E-state index < -0.39 is 121 Å². The number of esters is 6. The van der Waals surface area contributed by atoms with Gasteiger partial charge in [-0.2, -0.15) is 64.8 Å². The van der Waals surface area contributed by atoms with Crippen molar-refractivity contribution in [1.29, 1.82) is 0 Å². The van der Waals surface area contributed by atoms with E-state index in [9.17, 15) is 93.5 Å². The van der Waals surface area contributed by atoms with Gasteiger partial charge in [-0.05, 0) is 76.3 Å². The number of ether oxygens (including phenoxy) is 7. The second kappa shape index (κ2) is 28.9. The van der Waals surface area contributed by atoms with Gasteiger partial charge in [0.15, 0.2) is 6.61 Å². The number of carbonyl (C=O) groups is 6. The largest absolute Gasteiger partial charge is 0.465 e. The average molecular weight is 1210 g/mol. The minimum Gasteiger partial charge on any atom is -0.462 e. The highest BCUT2D eigenvalue weighted by atomic mass is 32.2. The monoisotopic (exact) mass is 1210 g/mol. The maximum absolute atomic E-state index is 13.2. The van der Waals surface area contributed by atoms with Gasteiger partial charge in [-0.15, -0.1) is 0 Å². The zero-order valence-electron chi connectivity index (χ0n) is 40.2. The van der Waals surface area contributed by atoms with Crippen molar-refractivity contribution >= 4 is 95.2 Å². The molecule has 4 aromatic rings. The van der Waals surface area contributed by atoms with E-state index in [2.05, 4.69) is 48.2 Å². The SMILES string of the molecule is C=Cc1ccc(OC(=O)COC(=O)C(F)(F)S(=O)(=O)O)cc1.C=Cc1ccc(OC(=O)COC(C(F)(F)F)C(F)(F)S(=O)(=O)O)cc1.C=Cc1ccc2cc(OC(=O)CCCC(=O)OCCOC(=O)C(F)(F)S(=O)(=O)O)ccc2c1. The summed E-state index contributed by atoms with van der Waals surface area (Å²) < 4.78 is 233. The Hall–Kier alpha value is -7.76. The van der Waals surface area contributed by atoms with Crippen molar-refractivity contribution in [1.82, 2.24) is 0 Å². The molecule has 0 saturated heterocycles. The van der Waals surface area contributed by atoms with Crippen LogP contribution in [0.3, 0.4) is 0 Å². The topological polar surface area (TPSA) is 330 Å². The number of alkyl halides is 9. The van der Waals surface area contributed by atoms with Gasteiger partial charge in [-0.3, -0.25) is 23.2 Å². The van der Waals surface area contributed by atoms with Crippen LogP contribution in [0.2, 0.25) is 0 Å². The quantitative estimate of drug-likeness (QED) is 0.0158. The summed E-state index contributed by atoms with van der Waals surface area (Å²) in [5.41, 5.74) is 2.33. The van der Waals surface area contributed by atoms with Crippen LogP contribution in [0, 0.1) is 0 Å². The Morgan fingerprint density at radius 1 is 0.475 bits per heavy atom. The first-order valence-electron chi connectivity index (χ1n) is 21.3. The molecule has 1 unspecified atom stereocenters.